The van der Waals surface area contributed by atoms with E-state index in [2.05, 4.69) is 9.97 Å². The molecule has 6 heteroatoms. The van der Waals surface area contributed by atoms with E-state index in [9.17, 15) is 4.79 Å². The largest absolute Gasteiger partial charge is 0.443 e. The molecular formula is C17H18ClN3O2. The van der Waals surface area contributed by atoms with Gasteiger partial charge in [-0.1, -0.05) is 18.2 Å². The number of halogens is 1. The van der Waals surface area contributed by atoms with Gasteiger partial charge in [-0.15, -0.1) is 0 Å². The Hall–Kier alpha value is -2.14. The number of benzene rings is 1. The van der Waals surface area contributed by atoms with Crippen molar-refractivity contribution in [2.24, 2.45) is 0 Å². The molecule has 1 amide bonds. The molecule has 1 aromatic heterocycles. The molecule has 0 N–H and O–H groups in total. The van der Waals surface area contributed by atoms with E-state index < -0.39 is 5.60 Å². The normalized spacial score (nSPS) is 17.0. The van der Waals surface area contributed by atoms with Crippen LogP contribution < -0.4 is 4.90 Å². The van der Waals surface area contributed by atoms with Gasteiger partial charge in [-0.3, -0.25) is 4.90 Å². The van der Waals surface area contributed by atoms with Crippen LogP contribution in [0.1, 0.15) is 37.9 Å². The third-order valence-corrected chi connectivity index (χ3v) is 3.77. The minimum atomic E-state index is -0.539. The lowest BCUT2D eigenvalue weighted by Crippen LogP contribution is -2.36. The molecule has 1 unspecified atom stereocenters. The van der Waals surface area contributed by atoms with E-state index in [1.807, 2.05) is 51.1 Å². The van der Waals surface area contributed by atoms with Crippen molar-refractivity contribution in [3.05, 3.63) is 53.1 Å². The number of rotatable bonds is 1. The van der Waals surface area contributed by atoms with Crippen molar-refractivity contribution in [3.8, 4) is 0 Å². The molecule has 1 aliphatic rings. The van der Waals surface area contributed by atoms with Crippen LogP contribution in [0.2, 0.25) is 5.28 Å². The fraction of sp³-hybridized carbons (Fsp3) is 0.353. The van der Waals surface area contributed by atoms with E-state index in [0.717, 1.165) is 16.9 Å². The Labute approximate surface area is 140 Å². The maximum absolute atomic E-state index is 12.5. The molecule has 1 aliphatic heterocycles. The summed E-state index contributed by atoms with van der Waals surface area (Å²) in [6.45, 7) is 6.04. The second kappa shape index (κ2) is 5.81. The Morgan fingerprint density at radius 3 is 2.74 bits per heavy atom. The van der Waals surface area contributed by atoms with Crippen LogP contribution in [0.5, 0.6) is 0 Å². The Morgan fingerprint density at radius 1 is 1.30 bits per heavy atom. The molecule has 5 nitrogen and oxygen atoms in total. The summed E-state index contributed by atoms with van der Waals surface area (Å²) >= 11 is 5.91. The first kappa shape index (κ1) is 15.7. The quantitative estimate of drug-likeness (QED) is 0.741. The molecule has 23 heavy (non-hydrogen) atoms. The van der Waals surface area contributed by atoms with Crippen LogP contribution in [-0.4, -0.2) is 28.2 Å². The van der Waals surface area contributed by atoms with E-state index in [1.165, 1.54) is 0 Å². The third kappa shape index (κ3) is 3.29. The van der Waals surface area contributed by atoms with Gasteiger partial charge in [0.25, 0.3) is 0 Å². The van der Waals surface area contributed by atoms with Crippen LogP contribution in [0, 0.1) is 0 Å². The van der Waals surface area contributed by atoms with Crippen LogP contribution in [0.15, 0.2) is 36.5 Å². The molecule has 0 spiro atoms. The topological polar surface area (TPSA) is 55.3 Å². The summed E-state index contributed by atoms with van der Waals surface area (Å²) in [6.07, 6.45) is 1.27. The van der Waals surface area contributed by atoms with E-state index >= 15 is 0 Å². The van der Waals surface area contributed by atoms with Gasteiger partial charge in [0.2, 0.25) is 5.28 Å². The zero-order chi connectivity index (χ0) is 16.6. The van der Waals surface area contributed by atoms with E-state index in [4.69, 9.17) is 16.3 Å². The molecule has 0 fully saturated rings. The average molecular weight is 332 g/mol. The second-order valence-electron chi connectivity index (χ2n) is 6.45. The molecule has 2 aromatic rings. The zero-order valence-corrected chi connectivity index (χ0v) is 14.0. The predicted molar refractivity (Wildman–Crippen MR) is 88.9 cm³/mol. The zero-order valence-electron chi connectivity index (χ0n) is 13.3. The van der Waals surface area contributed by atoms with Crippen LogP contribution in [-0.2, 0) is 4.74 Å². The molecular weight excluding hydrogens is 314 g/mol. The highest BCUT2D eigenvalue weighted by atomic mass is 35.5. The molecule has 1 aromatic carbocycles. The standard InChI is InChI=1S/C17H18ClN3O2/c1-17(2,3)23-16(22)21-10-12(11-6-4-5-7-14(11)21)13-8-9-19-15(18)20-13/h4-9,12H,10H2,1-3H3. The summed E-state index contributed by atoms with van der Waals surface area (Å²) in [7, 11) is 0. The van der Waals surface area contributed by atoms with Gasteiger partial charge in [-0.2, -0.15) is 0 Å². The SMILES string of the molecule is CC(C)(C)OC(=O)N1CC(c2ccnc(Cl)n2)c2ccccc21. The summed E-state index contributed by atoms with van der Waals surface area (Å²) in [6, 6.07) is 9.60. The molecule has 120 valence electrons. The Kier molecular flexibility index (Phi) is 3.98. The summed E-state index contributed by atoms with van der Waals surface area (Å²) in [5, 5.41) is 0.204. The first-order chi connectivity index (χ1) is 10.8. The number of para-hydroxylation sites is 1. The van der Waals surface area contributed by atoms with E-state index in [-0.39, 0.29) is 17.3 Å². The number of amides is 1. The minimum Gasteiger partial charge on any atom is -0.443 e. The van der Waals surface area contributed by atoms with Crippen LogP contribution in [0.4, 0.5) is 10.5 Å². The van der Waals surface area contributed by atoms with Crippen molar-refractivity contribution in [2.75, 3.05) is 11.4 Å². The summed E-state index contributed by atoms with van der Waals surface area (Å²) in [5.41, 5.74) is 2.14. The maximum atomic E-state index is 12.5. The van der Waals surface area contributed by atoms with Crippen molar-refractivity contribution >= 4 is 23.4 Å². The van der Waals surface area contributed by atoms with Crippen molar-refractivity contribution in [2.45, 2.75) is 32.3 Å². The highest BCUT2D eigenvalue weighted by molar-refractivity contribution is 6.28. The number of anilines is 1. The van der Waals surface area contributed by atoms with Crippen LogP contribution >= 0.6 is 11.6 Å². The third-order valence-electron chi connectivity index (χ3n) is 3.59. The van der Waals surface area contributed by atoms with E-state index in [1.54, 1.807) is 11.1 Å². The van der Waals surface area contributed by atoms with Gasteiger partial charge in [0, 0.05) is 18.7 Å². The van der Waals surface area contributed by atoms with E-state index in [0.29, 0.717) is 6.54 Å². The monoisotopic (exact) mass is 331 g/mol. The van der Waals surface area contributed by atoms with Crippen molar-refractivity contribution in [1.29, 1.82) is 0 Å². The van der Waals surface area contributed by atoms with Crippen LogP contribution in [0.3, 0.4) is 0 Å². The number of aromatic nitrogens is 2. The highest BCUT2D eigenvalue weighted by Crippen LogP contribution is 2.40. The van der Waals surface area contributed by atoms with Gasteiger partial charge in [0.05, 0.1) is 11.4 Å². The van der Waals surface area contributed by atoms with Gasteiger partial charge in [-0.05, 0) is 50.1 Å². The lowest BCUT2D eigenvalue weighted by Gasteiger charge is -2.25. The molecule has 0 aliphatic carbocycles. The first-order valence-corrected chi connectivity index (χ1v) is 7.81. The fourth-order valence-electron chi connectivity index (χ4n) is 2.69. The fourth-order valence-corrected chi connectivity index (χ4v) is 2.85. The maximum Gasteiger partial charge on any atom is 0.414 e. The molecule has 1 atom stereocenters. The Bertz CT molecular complexity index is 743. The Balaban J connectivity index is 1.96. The summed E-state index contributed by atoms with van der Waals surface area (Å²) in [4.78, 5) is 22.4. The van der Waals surface area contributed by atoms with Gasteiger partial charge in [0.1, 0.15) is 5.60 Å². The molecule has 0 radical (unpaired) electrons. The molecule has 0 saturated heterocycles. The lowest BCUT2D eigenvalue weighted by molar-refractivity contribution is 0.0583. The van der Waals surface area contributed by atoms with Gasteiger partial charge < -0.3 is 4.74 Å². The predicted octanol–water partition coefficient (Wildman–Crippen LogP) is 4.02. The number of carbonyl (C=O) groups is 1. The first-order valence-electron chi connectivity index (χ1n) is 7.43. The van der Waals surface area contributed by atoms with Crippen molar-refractivity contribution < 1.29 is 9.53 Å². The van der Waals surface area contributed by atoms with Crippen molar-refractivity contribution in [1.82, 2.24) is 9.97 Å². The van der Waals surface area contributed by atoms with Crippen LogP contribution in [0.25, 0.3) is 0 Å². The molecule has 0 bridgehead atoms. The minimum absolute atomic E-state index is 0.0424. The number of hydrogen-bond donors (Lipinski definition) is 0. The molecule has 3 rings (SSSR count). The van der Waals surface area contributed by atoms with Crippen molar-refractivity contribution in [3.63, 3.8) is 0 Å². The lowest BCUT2D eigenvalue weighted by atomic mass is 9.98. The number of nitrogens with zero attached hydrogens (tertiary/aromatic N) is 3. The second-order valence-corrected chi connectivity index (χ2v) is 6.79. The highest BCUT2D eigenvalue weighted by Gasteiger charge is 2.36. The molecule has 2 heterocycles. The Morgan fingerprint density at radius 2 is 2.04 bits per heavy atom. The molecule has 0 saturated carbocycles. The number of ether oxygens (including phenoxy) is 1. The summed E-state index contributed by atoms with van der Waals surface area (Å²) in [5.74, 6) is -0.0424. The van der Waals surface area contributed by atoms with Gasteiger partial charge >= 0.3 is 6.09 Å². The van der Waals surface area contributed by atoms with Gasteiger partial charge in [0.15, 0.2) is 0 Å². The number of hydrogen-bond acceptors (Lipinski definition) is 4. The van der Waals surface area contributed by atoms with Gasteiger partial charge in [-0.25, -0.2) is 14.8 Å². The average Bonchev–Trinajstić information content (AvgIpc) is 2.85. The smallest absolute Gasteiger partial charge is 0.414 e. The number of carbonyl (C=O) groups excluding carboxylic acids is 1. The number of fused-ring (bicyclic) bond motifs is 1. The summed E-state index contributed by atoms with van der Waals surface area (Å²) < 4.78 is 5.51.